The van der Waals surface area contributed by atoms with Crippen molar-refractivity contribution < 1.29 is 19.4 Å². The van der Waals surface area contributed by atoms with Crippen LogP contribution in [0.15, 0.2) is 85.1 Å². The van der Waals surface area contributed by atoms with E-state index in [0.717, 1.165) is 16.9 Å². The van der Waals surface area contributed by atoms with Gasteiger partial charge in [-0.3, -0.25) is 9.59 Å². The number of benzene rings is 3. The van der Waals surface area contributed by atoms with Crippen molar-refractivity contribution in [3.05, 3.63) is 101 Å². The number of halogens is 1. The van der Waals surface area contributed by atoms with E-state index < -0.39 is 0 Å². The van der Waals surface area contributed by atoms with Gasteiger partial charge >= 0.3 is 0 Å². The number of carbonyl (C=O) groups is 2. The van der Waals surface area contributed by atoms with Crippen LogP contribution in [0.5, 0.6) is 5.75 Å². The number of hydrogen-bond donors (Lipinski definition) is 1. The quantitative estimate of drug-likeness (QED) is 0.255. The maximum Gasteiger partial charge on any atom is 0.258 e. The lowest BCUT2D eigenvalue weighted by atomic mass is 9.89. The highest BCUT2D eigenvalue weighted by atomic mass is 35.5. The molecule has 37 heavy (non-hydrogen) atoms. The van der Waals surface area contributed by atoms with E-state index >= 15 is 0 Å². The molecule has 0 unspecified atom stereocenters. The number of para-hydroxylation sites is 1. The molecule has 2 atom stereocenters. The molecule has 7 heteroatoms. The van der Waals surface area contributed by atoms with Crippen LogP contribution >= 0.6 is 11.6 Å². The molecule has 0 spiro atoms. The molecule has 2 amide bonds. The van der Waals surface area contributed by atoms with Crippen LogP contribution in [0.2, 0.25) is 5.02 Å². The lowest BCUT2D eigenvalue weighted by Gasteiger charge is -2.43. The number of allylic oxidation sites excluding steroid dienone is 1. The highest BCUT2D eigenvalue weighted by Crippen LogP contribution is 2.43. The van der Waals surface area contributed by atoms with Crippen molar-refractivity contribution in [2.24, 2.45) is 0 Å². The van der Waals surface area contributed by atoms with E-state index in [1.54, 1.807) is 48.2 Å². The fourth-order valence-corrected chi connectivity index (χ4v) is 4.94. The molecule has 3 aromatic carbocycles. The molecule has 0 aliphatic carbocycles. The molecule has 3 aromatic rings. The maximum atomic E-state index is 13.7. The Labute approximate surface area is 222 Å². The molecule has 0 saturated heterocycles. The Morgan fingerprint density at radius 3 is 2.41 bits per heavy atom. The molecule has 0 saturated carbocycles. The largest absolute Gasteiger partial charge is 0.513 e. The van der Waals surface area contributed by atoms with Crippen LogP contribution in [0.4, 0.5) is 11.4 Å². The van der Waals surface area contributed by atoms with E-state index in [1.807, 2.05) is 48.2 Å². The Balaban J connectivity index is 1.59. The normalized spacial score (nSPS) is 16.6. The van der Waals surface area contributed by atoms with Gasteiger partial charge in [-0.05, 0) is 79.9 Å². The van der Waals surface area contributed by atoms with Crippen molar-refractivity contribution in [3.8, 4) is 5.75 Å². The summed E-state index contributed by atoms with van der Waals surface area (Å²) in [5.41, 5.74) is 3.03. The molecular formula is C30H31ClN2O4. The summed E-state index contributed by atoms with van der Waals surface area (Å²) in [6, 6.07) is 21.7. The second-order valence-electron chi connectivity index (χ2n) is 9.24. The second kappa shape index (κ2) is 11.5. The number of hydrogen-bond acceptors (Lipinski definition) is 4. The SMILES string of the molecule is C=C(O)CCCOc1ccc(C(=O)N2c3ccccc3[C@H](N(C(C)=O)c3ccc(Cl)cc3)C[C@@H]2C)cc1. The third kappa shape index (κ3) is 5.97. The first-order valence-electron chi connectivity index (χ1n) is 12.3. The zero-order valence-corrected chi connectivity index (χ0v) is 21.8. The van der Waals surface area contributed by atoms with Crippen molar-refractivity contribution in [2.75, 3.05) is 16.4 Å². The number of anilines is 2. The lowest BCUT2D eigenvalue weighted by molar-refractivity contribution is -0.117. The lowest BCUT2D eigenvalue weighted by Crippen LogP contribution is -2.47. The van der Waals surface area contributed by atoms with Gasteiger partial charge in [-0.25, -0.2) is 0 Å². The van der Waals surface area contributed by atoms with Gasteiger partial charge in [-0.1, -0.05) is 36.4 Å². The molecule has 6 nitrogen and oxygen atoms in total. The maximum absolute atomic E-state index is 13.7. The minimum atomic E-state index is -0.222. The summed E-state index contributed by atoms with van der Waals surface area (Å²) >= 11 is 6.08. The zero-order valence-electron chi connectivity index (χ0n) is 21.1. The van der Waals surface area contributed by atoms with Crippen molar-refractivity contribution in [1.82, 2.24) is 0 Å². The van der Waals surface area contributed by atoms with Gasteiger partial charge in [0.05, 0.1) is 18.4 Å². The van der Waals surface area contributed by atoms with E-state index in [4.69, 9.17) is 16.3 Å². The Kier molecular flexibility index (Phi) is 8.19. The smallest absolute Gasteiger partial charge is 0.258 e. The fraction of sp³-hybridized carbons (Fsp3) is 0.267. The molecule has 4 rings (SSSR count). The van der Waals surface area contributed by atoms with Crippen LogP contribution in [0.3, 0.4) is 0 Å². The van der Waals surface area contributed by atoms with Crippen molar-refractivity contribution in [3.63, 3.8) is 0 Å². The van der Waals surface area contributed by atoms with E-state index in [9.17, 15) is 14.7 Å². The Morgan fingerprint density at radius 1 is 1.08 bits per heavy atom. The molecule has 0 fully saturated rings. The van der Waals surface area contributed by atoms with E-state index in [1.165, 1.54) is 0 Å². The molecule has 192 valence electrons. The number of aliphatic hydroxyl groups excluding tert-OH is 1. The van der Waals surface area contributed by atoms with Gasteiger partial charge in [0, 0.05) is 41.3 Å². The van der Waals surface area contributed by atoms with Crippen molar-refractivity contribution in [1.29, 1.82) is 0 Å². The summed E-state index contributed by atoms with van der Waals surface area (Å²) in [6.07, 6.45) is 1.73. The van der Waals surface area contributed by atoms with Crippen LogP contribution < -0.4 is 14.5 Å². The standard InChI is InChI=1S/C30H31ClN2O4/c1-20-19-29(33(22(3)35)25-14-12-24(31)13-15-25)27-8-4-5-9-28(27)32(20)30(36)23-10-16-26(17-11-23)37-18-6-7-21(2)34/h4-5,8-17,20,29,34H,2,6-7,18-19H2,1,3H3/t20-,29+/m0/s1. The van der Waals surface area contributed by atoms with E-state index in [2.05, 4.69) is 6.58 Å². The molecule has 1 N–H and O–H groups in total. The second-order valence-corrected chi connectivity index (χ2v) is 9.68. The van der Waals surface area contributed by atoms with Gasteiger partial charge < -0.3 is 19.6 Å². The minimum absolute atomic E-state index is 0.0759. The Morgan fingerprint density at radius 2 is 1.76 bits per heavy atom. The van der Waals surface area contributed by atoms with Gasteiger partial charge in [0.15, 0.2) is 0 Å². The summed E-state index contributed by atoms with van der Waals surface area (Å²) in [7, 11) is 0. The van der Waals surface area contributed by atoms with Crippen LogP contribution in [-0.2, 0) is 4.79 Å². The first-order chi connectivity index (χ1) is 17.8. The number of carbonyl (C=O) groups excluding carboxylic acids is 2. The number of ether oxygens (including phenoxy) is 1. The summed E-state index contributed by atoms with van der Waals surface area (Å²) in [6.45, 7) is 7.49. The van der Waals surface area contributed by atoms with Gasteiger partial charge in [-0.15, -0.1) is 0 Å². The first-order valence-corrected chi connectivity index (χ1v) is 12.7. The number of rotatable bonds is 8. The summed E-state index contributed by atoms with van der Waals surface area (Å²) in [5.74, 6) is 0.616. The molecular weight excluding hydrogens is 488 g/mol. The van der Waals surface area contributed by atoms with E-state index in [0.29, 0.717) is 42.2 Å². The highest BCUT2D eigenvalue weighted by molar-refractivity contribution is 6.30. The number of aliphatic hydroxyl groups is 1. The van der Waals surface area contributed by atoms with Gasteiger partial charge in [0.2, 0.25) is 5.91 Å². The highest BCUT2D eigenvalue weighted by Gasteiger charge is 2.38. The molecule has 0 bridgehead atoms. The third-order valence-electron chi connectivity index (χ3n) is 6.51. The number of fused-ring (bicyclic) bond motifs is 1. The average Bonchev–Trinajstić information content (AvgIpc) is 2.88. The number of nitrogens with zero attached hydrogens (tertiary/aromatic N) is 2. The van der Waals surface area contributed by atoms with Gasteiger partial charge in [0.25, 0.3) is 5.91 Å². The van der Waals surface area contributed by atoms with E-state index in [-0.39, 0.29) is 29.7 Å². The zero-order chi connectivity index (χ0) is 26.5. The van der Waals surface area contributed by atoms with Crippen LogP contribution in [0, 0.1) is 0 Å². The summed E-state index contributed by atoms with van der Waals surface area (Å²) in [4.78, 5) is 30.1. The topological polar surface area (TPSA) is 70.1 Å². The minimum Gasteiger partial charge on any atom is -0.513 e. The van der Waals surface area contributed by atoms with Crippen LogP contribution in [0.25, 0.3) is 0 Å². The Bertz CT molecular complexity index is 1270. The Hall–Kier alpha value is -3.77. The predicted molar refractivity (Wildman–Crippen MR) is 148 cm³/mol. The van der Waals surface area contributed by atoms with Gasteiger partial charge in [0.1, 0.15) is 5.75 Å². The van der Waals surface area contributed by atoms with Crippen molar-refractivity contribution in [2.45, 2.75) is 45.2 Å². The summed E-state index contributed by atoms with van der Waals surface area (Å²) in [5, 5.41) is 9.79. The first kappa shape index (κ1) is 26.3. The molecule has 1 heterocycles. The molecule has 0 radical (unpaired) electrons. The third-order valence-corrected chi connectivity index (χ3v) is 6.77. The van der Waals surface area contributed by atoms with Crippen molar-refractivity contribution >= 4 is 34.8 Å². The van der Waals surface area contributed by atoms with Gasteiger partial charge in [-0.2, -0.15) is 0 Å². The van der Waals surface area contributed by atoms with Crippen LogP contribution in [-0.4, -0.2) is 29.6 Å². The average molecular weight is 519 g/mol. The monoisotopic (exact) mass is 518 g/mol. The molecule has 0 aromatic heterocycles. The number of amides is 2. The van der Waals surface area contributed by atoms with Crippen LogP contribution in [0.1, 0.15) is 55.1 Å². The molecule has 1 aliphatic rings. The fourth-order valence-electron chi connectivity index (χ4n) is 4.82. The predicted octanol–water partition coefficient (Wildman–Crippen LogP) is 7.10. The molecule has 1 aliphatic heterocycles. The summed E-state index contributed by atoms with van der Waals surface area (Å²) < 4.78 is 5.70.